The van der Waals surface area contributed by atoms with Gasteiger partial charge in [0.1, 0.15) is 5.75 Å². The molecular formula is C24H24N4O2. The molecule has 0 atom stereocenters. The van der Waals surface area contributed by atoms with Crippen molar-refractivity contribution in [2.24, 2.45) is 0 Å². The summed E-state index contributed by atoms with van der Waals surface area (Å²) in [5.74, 6) is 0.424. The number of aryl methyl sites for hydroxylation is 1. The average Bonchev–Trinajstić information content (AvgIpc) is 3.04. The first kappa shape index (κ1) is 20.9. The fourth-order valence-electron chi connectivity index (χ4n) is 3.06. The van der Waals surface area contributed by atoms with E-state index in [-0.39, 0.29) is 5.91 Å². The molecule has 0 aliphatic heterocycles. The van der Waals surface area contributed by atoms with Crippen molar-refractivity contribution in [3.63, 3.8) is 0 Å². The molecule has 6 nitrogen and oxygen atoms in total. The Balaban J connectivity index is 1.66. The second-order valence-corrected chi connectivity index (χ2v) is 6.79. The number of para-hydroxylation sites is 1. The maximum absolute atomic E-state index is 12.4. The van der Waals surface area contributed by atoms with Crippen molar-refractivity contribution in [3.05, 3.63) is 77.6 Å². The van der Waals surface area contributed by atoms with Crippen LogP contribution in [0.4, 0.5) is 5.69 Å². The minimum atomic E-state index is -0.233. The molecule has 0 spiro atoms. The van der Waals surface area contributed by atoms with Crippen molar-refractivity contribution in [1.29, 1.82) is 5.26 Å². The molecule has 30 heavy (non-hydrogen) atoms. The van der Waals surface area contributed by atoms with Gasteiger partial charge in [-0.25, -0.2) is 4.68 Å². The van der Waals surface area contributed by atoms with E-state index in [1.807, 2.05) is 61.0 Å². The van der Waals surface area contributed by atoms with E-state index in [4.69, 9.17) is 10.00 Å². The van der Waals surface area contributed by atoms with Gasteiger partial charge in [-0.15, -0.1) is 0 Å². The van der Waals surface area contributed by atoms with Crippen LogP contribution >= 0.6 is 0 Å². The summed E-state index contributed by atoms with van der Waals surface area (Å²) in [5.41, 5.74) is 4.37. The quantitative estimate of drug-likeness (QED) is 0.434. The molecule has 0 saturated carbocycles. The first-order valence-electron chi connectivity index (χ1n) is 9.79. The van der Waals surface area contributed by atoms with Crippen LogP contribution in [0.15, 0.2) is 60.7 Å². The Kier molecular flexibility index (Phi) is 7.01. The van der Waals surface area contributed by atoms with Crippen molar-refractivity contribution < 1.29 is 9.53 Å². The Labute approximate surface area is 176 Å². The molecule has 1 N–H and O–H groups in total. The van der Waals surface area contributed by atoms with E-state index < -0.39 is 0 Å². The Hall–Kier alpha value is -3.85. The molecule has 0 aliphatic carbocycles. The third kappa shape index (κ3) is 5.36. The van der Waals surface area contributed by atoms with Crippen LogP contribution < -0.4 is 10.1 Å². The van der Waals surface area contributed by atoms with Crippen molar-refractivity contribution in [2.75, 3.05) is 11.9 Å². The second-order valence-electron chi connectivity index (χ2n) is 6.79. The maximum Gasteiger partial charge on any atom is 0.248 e. The Bertz CT molecular complexity index is 1080. The van der Waals surface area contributed by atoms with E-state index in [9.17, 15) is 4.79 Å². The molecular weight excluding hydrogens is 376 g/mol. The first-order chi connectivity index (χ1) is 14.6. The number of nitrogens with zero attached hydrogens (tertiary/aromatic N) is 3. The normalized spacial score (nSPS) is 10.7. The molecule has 1 heterocycles. The van der Waals surface area contributed by atoms with E-state index >= 15 is 0 Å². The lowest BCUT2D eigenvalue weighted by molar-refractivity contribution is -0.111. The van der Waals surface area contributed by atoms with E-state index in [0.717, 1.165) is 22.6 Å². The highest BCUT2D eigenvalue weighted by atomic mass is 16.5. The van der Waals surface area contributed by atoms with Crippen molar-refractivity contribution in [1.82, 2.24) is 9.78 Å². The van der Waals surface area contributed by atoms with Crippen LogP contribution in [0.2, 0.25) is 0 Å². The first-order valence-corrected chi connectivity index (χ1v) is 9.79. The molecule has 0 radical (unpaired) electrons. The SMILES string of the molecule is Cc1nn(-c2ccccc2)c(C)c1/C=C/C(=O)Nc1cccc(OCCCC#N)c1. The van der Waals surface area contributed by atoms with Gasteiger partial charge in [-0.2, -0.15) is 10.4 Å². The van der Waals surface area contributed by atoms with Crippen molar-refractivity contribution in [2.45, 2.75) is 26.7 Å². The summed E-state index contributed by atoms with van der Waals surface area (Å²) in [5, 5.41) is 16.0. The molecule has 6 heteroatoms. The number of ether oxygens (including phenoxy) is 1. The number of nitrogens with one attached hydrogen (secondary N) is 1. The lowest BCUT2D eigenvalue weighted by Gasteiger charge is -2.07. The summed E-state index contributed by atoms with van der Waals surface area (Å²) in [7, 11) is 0. The van der Waals surface area contributed by atoms with Crippen LogP contribution in [0.5, 0.6) is 5.75 Å². The van der Waals surface area contributed by atoms with Gasteiger partial charge in [0.25, 0.3) is 0 Å². The maximum atomic E-state index is 12.4. The lowest BCUT2D eigenvalue weighted by atomic mass is 10.2. The van der Waals surface area contributed by atoms with Gasteiger partial charge in [0.2, 0.25) is 5.91 Å². The zero-order valence-electron chi connectivity index (χ0n) is 17.1. The van der Waals surface area contributed by atoms with Crippen LogP contribution in [0.1, 0.15) is 29.8 Å². The largest absolute Gasteiger partial charge is 0.493 e. The molecule has 0 bridgehead atoms. The summed E-state index contributed by atoms with van der Waals surface area (Å²) < 4.78 is 7.48. The lowest BCUT2D eigenvalue weighted by Crippen LogP contribution is -2.08. The summed E-state index contributed by atoms with van der Waals surface area (Å²) in [6, 6.07) is 19.2. The van der Waals surface area contributed by atoms with E-state index in [1.54, 1.807) is 18.2 Å². The second kappa shape index (κ2) is 10.1. The van der Waals surface area contributed by atoms with Crippen molar-refractivity contribution in [3.8, 4) is 17.5 Å². The monoisotopic (exact) mass is 400 g/mol. The van der Waals surface area contributed by atoms with Crippen LogP contribution in [-0.4, -0.2) is 22.3 Å². The number of hydrogen-bond donors (Lipinski definition) is 1. The smallest absolute Gasteiger partial charge is 0.248 e. The zero-order valence-corrected chi connectivity index (χ0v) is 17.1. The summed E-state index contributed by atoms with van der Waals surface area (Å²) in [4.78, 5) is 12.4. The number of aromatic nitrogens is 2. The fourth-order valence-corrected chi connectivity index (χ4v) is 3.06. The summed E-state index contributed by atoms with van der Waals surface area (Å²) in [6.07, 6.45) is 4.42. The predicted molar refractivity (Wildman–Crippen MR) is 117 cm³/mol. The van der Waals surface area contributed by atoms with Gasteiger partial charge in [-0.1, -0.05) is 24.3 Å². The molecule has 2 aromatic carbocycles. The number of carbonyl (C=O) groups excluding carboxylic acids is 1. The standard InChI is InChI=1S/C24H24N4O2/c1-18-23(19(2)28(27-18)21-10-4-3-5-11-21)13-14-24(29)26-20-9-8-12-22(17-20)30-16-7-6-15-25/h3-5,8-14,17H,6-7,16H2,1-2H3,(H,26,29)/b14-13+. The highest BCUT2D eigenvalue weighted by Crippen LogP contribution is 2.20. The van der Waals surface area contributed by atoms with Gasteiger partial charge in [-0.05, 0) is 50.6 Å². The number of amides is 1. The third-order valence-electron chi connectivity index (χ3n) is 4.55. The highest BCUT2D eigenvalue weighted by Gasteiger charge is 2.11. The van der Waals surface area contributed by atoms with Gasteiger partial charge in [0, 0.05) is 35.5 Å². The summed E-state index contributed by atoms with van der Waals surface area (Å²) in [6.45, 7) is 4.38. The Morgan fingerprint density at radius 2 is 2.00 bits per heavy atom. The van der Waals surface area contributed by atoms with Gasteiger partial charge in [0.15, 0.2) is 0 Å². The van der Waals surface area contributed by atoms with E-state index in [1.165, 1.54) is 6.08 Å². The number of benzene rings is 2. The number of hydrogen-bond acceptors (Lipinski definition) is 4. The van der Waals surface area contributed by atoms with Crippen LogP contribution in [0.25, 0.3) is 11.8 Å². The van der Waals surface area contributed by atoms with Crippen molar-refractivity contribution >= 4 is 17.7 Å². The van der Waals surface area contributed by atoms with E-state index in [0.29, 0.717) is 30.9 Å². The number of nitriles is 1. The van der Waals surface area contributed by atoms with Crippen LogP contribution in [-0.2, 0) is 4.79 Å². The third-order valence-corrected chi connectivity index (χ3v) is 4.55. The number of anilines is 1. The molecule has 1 amide bonds. The number of carbonyl (C=O) groups is 1. The predicted octanol–water partition coefficient (Wildman–Crippen LogP) is 4.82. The fraction of sp³-hybridized carbons (Fsp3) is 0.208. The molecule has 0 aliphatic rings. The Morgan fingerprint density at radius 1 is 1.20 bits per heavy atom. The van der Waals surface area contributed by atoms with Gasteiger partial charge < -0.3 is 10.1 Å². The summed E-state index contributed by atoms with van der Waals surface area (Å²) >= 11 is 0. The minimum absolute atomic E-state index is 0.233. The average molecular weight is 400 g/mol. The molecule has 152 valence electrons. The van der Waals surface area contributed by atoms with Crippen LogP contribution in [0.3, 0.4) is 0 Å². The van der Waals surface area contributed by atoms with Gasteiger partial charge >= 0.3 is 0 Å². The highest BCUT2D eigenvalue weighted by molar-refractivity contribution is 6.02. The molecule has 0 saturated heterocycles. The van der Waals surface area contributed by atoms with E-state index in [2.05, 4.69) is 16.5 Å². The van der Waals surface area contributed by atoms with Gasteiger partial charge in [-0.3, -0.25) is 4.79 Å². The van der Waals surface area contributed by atoms with Crippen LogP contribution in [0, 0.1) is 25.2 Å². The molecule has 0 fully saturated rings. The molecule has 3 aromatic rings. The van der Waals surface area contributed by atoms with Gasteiger partial charge in [0.05, 0.1) is 24.1 Å². The minimum Gasteiger partial charge on any atom is -0.493 e. The zero-order chi connectivity index (χ0) is 21.3. The topological polar surface area (TPSA) is 79.9 Å². The Morgan fingerprint density at radius 3 is 2.77 bits per heavy atom. The molecule has 3 rings (SSSR count). The number of rotatable bonds is 8. The number of unbranched alkanes of at least 4 members (excludes halogenated alkanes) is 1. The molecule has 1 aromatic heterocycles. The molecule has 0 unspecified atom stereocenters.